The summed E-state index contributed by atoms with van der Waals surface area (Å²) in [6.07, 6.45) is -4.55. The Kier molecular flexibility index (Phi) is 4.49. The number of carbonyl (C=O) groups excluding carboxylic acids is 1. The van der Waals surface area contributed by atoms with Crippen LogP contribution < -0.4 is 5.32 Å². The first-order valence-corrected chi connectivity index (χ1v) is 7.17. The van der Waals surface area contributed by atoms with E-state index in [2.05, 4.69) is 15.9 Å². The molecule has 0 saturated carbocycles. The van der Waals surface area contributed by atoms with Gasteiger partial charge in [-0.15, -0.1) is 11.3 Å². The number of hydrogen-bond donors (Lipinski definition) is 1. The Bertz CT molecular complexity index is 597. The summed E-state index contributed by atoms with van der Waals surface area (Å²) >= 11 is 4.25. The number of amides is 1. The van der Waals surface area contributed by atoms with Crippen molar-refractivity contribution < 1.29 is 18.0 Å². The van der Waals surface area contributed by atoms with Gasteiger partial charge in [-0.2, -0.15) is 13.2 Å². The third kappa shape index (κ3) is 3.61. The average molecular weight is 364 g/mol. The van der Waals surface area contributed by atoms with Gasteiger partial charge in [0.1, 0.15) is 0 Å². The Morgan fingerprint density at radius 3 is 2.30 bits per heavy atom. The van der Waals surface area contributed by atoms with Gasteiger partial charge >= 0.3 is 6.18 Å². The third-order valence-corrected chi connectivity index (χ3v) is 4.16. The van der Waals surface area contributed by atoms with E-state index in [4.69, 9.17) is 0 Å². The summed E-state index contributed by atoms with van der Waals surface area (Å²) in [5.74, 6) is -0.744. The van der Waals surface area contributed by atoms with Gasteiger partial charge < -0.3 is 5.32 Å². The highest BCUT2D eigenvalue weighted by Crippen LogP contribution is 2.33. The maximum atomic E-state index is 13.1. The van der Waals surface area contributed by atoms with Gasteiger partial charge in [-0.1, -0.05) is 30.3 Å². The van der Waals surface area contributed by atoms with Gasteiger partial charge in [0.05, 0.1) is 8.66 Å². The van der Waals surface area contributed by atoms with Gasteiger partial charge in [-0.05, 0) is 33.6 Å². The maximum Gasteiger partial charge on any atom is 0.412 e. The molecule has 2 nitrogen and oxygen atoms in total. The average Bonchev–Trinajstić information content (AvgIpc) is 2.82. The van der Waals surface area contributed by atoms with Crippen molar-refractivity contribution in [2.45, 2.75) is 12.2 Å². The van der Waals surface area contributed by atoms with E-state index in [9.17, 15) is 18.0 Å². The summed E-state index contributed by atoms with van der Waals surface area (Å²) in [6.45, 7) is 0. The SMILES string of the molecule is O=C(NC(c1ccccc1)C(F)(F)F)c1ccc(Br)s1. The third-order valence-electron chi connectivity index (χ3n) is 2.53. The Morgan fingerprint density at radius 2 is 1.80 bits per heavy atom. The Morgan fingerprint density at radius 1 is 1.15 bits per heavy atom. The first-order chi connectivity index (χ1) is 9.38. The smallest absolute Gasteiger partial charge is 0.336 e. The Labute approximate surface area is 125 Å². The molecule has 0 saturated heterocycles. The van der Waals surface area contributed by atoms with E-state index in [1.165, 1.54) is 30.3 Å². The van der Waals surface area contributed by atoms with E-state index >= 15 is 0 Å². The van der Waals surface area contributed by atoms with Gasteiger partial charge in [0, 0.05) is 0 Å². The fourth-order valence-corrected chi connectivity index (χ4v) is 2.93. The Balaban J connectivity index is 2.23. The van der Waals surface area contributed by atoms with Crippen molar-refractivity contribution in [3.63, 3.8) is 0 Å². The molecule has 0 bridgehead atoms. The van der Waals surface area contributed by atoms with Gasteiger partial charge in [0.25, 0.3) is 5.91 Å². The van der Waals surface area contributed by atoms with Crippen LogP contribution in [0.25, 0.3) is 0 Å². The van der Waals surface area contributed by atoms with Gasteiger partial charge in [-0.25, -0.2) is 0 Å². The molecule has 0 aliphatic rings. The molecular weight excluding hydrogens is 355 g/mol. The predicted octanol–water partition coefficient (Wildman–Crippen LogP) is 4.54. The molecule has 0 spiro atoms. The lowest BCUT2D eigenvalue weighted by Crippen LogP contribution is -2.37. The maximum absolute atomic E-state index is 13.1. The molecule has 0 radical (unpaired) electrons. The van der Waals surface area contributed by atoms with Crippen LogP contribution in [0.3, 0.4) is 0 Å². The monoisotopic (exact) mass is 363 g/mol. The lowest BCUT2D eigenvalue weighted by molar-refractivity contribution is -0.155. The van der Waals surface area contributed by atoms with Crippen LogP contribution in [0.5, 0.6) is 0 Å². The van der Waals surface area contributed by atoms with Crippen LogP contribution in [-0.2, 0) is 0 Å². The molecule has 1 aromatic heterocycles. The topological polar surface area (TPSA) is 29.1 Å². The number of benzene rings is 1. The highest BCUT2D eigenvalue weighted by molar-refractivity contribution is 9.11. The van der Waals surface area contributed by atoms with E-state index in [0.29, 0.717) is 3.79 Å². The van der Waals surface area contributed by atoms with Gasteiger partial charge in [0.2, 0.25) is 0 Å². The molecule has 2 aromatic rings. The summed E-state index contributed by atoms with van der Waals surface area (Å²) < 4.78 is 39.9. The largest absolute Gasteiger partial charge is 0.412 e. The van der Waals surface area contributed by atoms with Crippen molar-refractivity contribution in [3.8, 4) is 0 Å². The van der Waals surface area contributed by atoms with E-state index < -0.39 is 18.1 Å². The minimum absolute atomic E-state index is 0.00368. The predicted molar refractivity (Wildman–Crippen MR) is 74.7 cm³/mol. The van der Waals surface area contributed by atoms with E-state index in [0.717, 1.165) is 11.3 Å². The fourth-order valence-electron chi connectivity index (χ4n) is 1.64. The highest BCUT2D eigenvalue weighted by atomic mass is 79.9. The standard InChI is InChI=1S/C13H9BrF3NOS/c14-10-7-6-9(20-10)12(19)18-11(13(15,16)17)8-4-2-1-3-5-8/h1-7,11H,(H,18,19). The molecule has 20 heavy (non-hydrogen) atoms. The molecule has 1 heterocycles. The van der Waals surface area contributed by atoms with E-state index in [-0.39, 0.29) is 10.4 Å². The van der Waals surface area contributed by atoms with E-state index in [1.54, 1.807) is 12.1 Å². The Hall–Kier alpha value is -1.34. The number of rotatable bonds is 3. The van der Waals surface area contributed by atoms with Gasteiger partial charge in [-0.3, -0.25) is 4.79 Å². The molecule has 2 rings (SSSR count). The van der Waals surface area contributed by atoms with Crippen LogP contribution in [0.15, 0.2) is 46.3 Å². The number of carbonyl (C=O) groups is 1. The summed E-state index contributed by atoms with van der Waals surface area (Å²) in [7, 11) is 0. The number of hydrogen-bond acceptors (Lipinski definition) is 2. The normalized spacial score (nSPS) is 13.0. The first kappa shape index (κ1) is 15.1. The fraction of sp³-hybridized carbons (Fsp3) is 0.154. The molecule has 0 aliphatic heterocycles. The summed E-state index contributed by atoms with van der Waals surface area (Å²) in [6, 6.07) is 8.37. The second-order valence-electron chi connectivity index (χ2n) is 3.96. The van der Waals surface area contributed by atoms with Crippen molar-refractivity contribution in [1.82, 2.24) is 5.32 Å². The quantitative estimate of drug-likeness (QED) is 0.851. The lowest BCUT2D eigenvalue weighted by atomic mass is 10.1. The van der Waals surface area contributed by atoms with Crippen molar-refractivity contribution in [3.05, 3.63) is 56.7 Å². The van der Waals surface area contributed by atoms with Crippen molar-refractivity contribution in [2.75, 3.05) is 0 Å². The van der Waals surface area contributed by atoms with Crippen LogP contribution >= 0.6 is 27.3 Å². The van der Waals surface area contributed by atoms with Crippen LogP contribution in [0.4, 0.5) is 13.2 Å². The van der Waals surface area contributed by atoms with Crippen molar-refractivity contribution >= 4 is 33.2 Å². The van der Waals surface area contributed by atoms with E-state index in [1.807, 2.05) is 5.32 Å². The minimum Gasteiger partial charge on any atom is -0.336 e. The first-order valence-electron chi connectivity index (χ1n) is 5.56. The molecule has 0 fully saturated rings. The summed E-state index contributed by atoms with van der Waals surface area (Å²) in [5.41, 5.74) is 0.00368. The summed E-state index contributed by atoms with van der Waals surface area (Å²) in [4.78, 5) is 12.1. The van der Waals surface area contributed by atoms with Crippen LogP contribution in [-0.4, -0.2) is 12.1 Å². The van der Waals surface area contributed by atoms with Crippen LogP contribution in [0.2, 0.25) is 0 Å². The molecule has 1 N–H and O–H groups in total. The zero-order chi connectivity index (χ0) is 14.8. The molecule has 7 heteroatoms. The number of halogens is 4. The number of nitrogens with one attached hydrogen (secondary N) is 1. The van der Waals surface area contributed by atoms with Crippen molar-refractivity contribution in [1.29, 1.82) is 0 Å². The minimum atomic E-state index is -4.55. The molecule has 1 atom stereocenters. The highest BCUT2D eigenvalue weighted by Gasteiger charge is 2.42. The van der Waals surface area contributed by atoms with Crippen molar-refractivity contribution in [2.24, 2.45) is 0 Å². The number of thiophene rings is 1. The molecular formula is C13H9BrF3NOS. The lowest BCUT2D eigenvalue weighted by Gasteiger charge is -2.21. The molecule has 106 valence electrons. The number of alkyl halides is 3. The second kappa shape index (κ2) is 5.97. The summed E-state index contributed by atoms with van der Waals surface area (Å²) in [5, 5.41) is 2.03. The van der Waals surface area contributed by atoms with Crippen LogP contribution in [0, 0.1) is 0 Å². The van der Waals surface area contributed by atoms with Gasteiger partial charge in [0.15, 0.2) is 6.04 Å². The molecule has 1 unspecified atom stereocenters. The van der Waals surface area contributed by atoms with Crippen LogP contribution in [0.1, 0.15) is 21.3 Å². The molecule has 1 aromatic carbocycles. The molecule has 0 aliphatic carbocycles. The zero-order valence-electron chi connectivity index (χ0n) is 9.95. The second-order valence-corrected chi connectivity index (χ2v) is 6.43. The molecule has 1 amide bonds. The zero-order valence-corrected chi connectivity index (χ0v) is 12.3.